The number of fused-ring (bicyclic) bond motifs is 1. The highest BCUT2D eigenvalue weighted by molar-refractivity contribution is 7.17. The Kier molecular flexibility index (Phi) is 5.22. The van der Waals surface area contributed by atoms with E-state index in [1.54, 1.807) is 0 Å². The molecule has 0 saturated carbocycles. The van der Waals surface area contributed by atoms with Crippen molar-refractivity contribution in [3.05, 3.63) is 35.2 Å². The number of thiophene rings is 1. The van der Waals surface area contributed by atoms with Crippen LogP contribution in [-0.4, -0.2) is 12.6 Å². The molecule has 1 nitrogen and oxygen atoms in total. The van der Waals surface area contributed by atoms with E-state index in [2.05, 4.69) is 62.7 Å². The molecular formula is C18H27NS. The predicted octanol–water partition coefficient (Wildman–Crippen LogP) is 5.25. The summed E-state index contributed by atoms with van der Waals surface area (Å²) in [5.41, 5.74) is 1.91. The minimum Gasteiger partial charge on any atom is -0.314 e. The summed E-state index contributed by atoms with van der Waals surface area (Å²) in [6, 6.07) is 9.36. The number of hydrogen-bond donors (Lipinski definition) is 1. The first-order valence-electron chi connectivity index (χ1n) is 7.78. The Morgan fingerprint density at radius 3 is 2.50 bits per heavy atom. The number of benzene rings is 1. The molecule has 0 fully saturated rings. The predicted molar refractivity (Wildman–Crippen MR) is 91.7 cm³/mol. The molecule has 0 saturated heterocycles. The van der Waals surface area contributed by atoms with Crippen LogP contribution in [0.3, 0.4) is 0 Å². The van der Waals surface area contributed by atoms with Crippen LogP contribution in [0.25, 0.3) is 10.1 Å². The number of nitrogens with one attached hydrogen (secondary N) is 1. The molecule has 0 radical (unpaired) electrons. The molecule has 20 heavy (non-hydrogen) atoms. The zero-order valence-electron chi connectivity index (χ0n) is 13.2. The van der Waals surface area contributed by atoms with Gasteiger partial charge in [0, 0.05) is 17.3 Å². The SMILES string of the molecule is CCC(CC)(CNC(C)C)Cc1csc2ccccc12. The fourth-order valence-electron chi connectivity index (χ4n) is 2.81. The van der Waals surface area contributed by atoms with Gasteiger partial charge in [0.25, 0.3) is 0 Å². The van der Waals surface area contributed by atoms with Gasteiger partial charge in [0.05, 0.1) is 0 Å². The molecule has 0 aliphatic carbocycles. The maximum Gasteiger partial charge on any atom is 0.0345 e. The van der Waals surface area contributed by atoms with Crippen LogP contribution < -0.4 is 5.32 Å². The molecule has 0 bridgehead atoms. The monoisotopic (exact) mass is 289 g/mol. The van der Waals surface area contributed by atoms with Crippen LogP contribution in [0.5, 0.6) is 0 Å². The summed E-state index contributed by atoms with van der Waals surface area (Å²) in [5.74, 6) is 0. The van der Waals surface area contributed by atoms with Gasteiger partial charge in [0.1, 0.15) is 0 Å². The maximum atomic E-state index is 3.65. The lowest BCUT2D eigenvalue weighted by Crippen LogP contribution is -2.38. The Hall–Kier alpha value is -0.860. The highest BCUT2D eigenvalue weighted by Gasteiger charge is 2.27. The molecule has 1 N–H and O–H groups in total. The molecule has 110 valence electrons. The van der Waals surface area contributed by atoms with Gasteiger partial charge < -0.3 is 5.32 Å². The fourth-order valence-corrected chi connectivity index (χ4v) is 3.77. The fraction of sp³-hybridized carbons (Fsp3) is 0.556. The van der Waals surface area contributed by atoms with E-state index in [0.29, 0.717) is 11.5 Å². The number of hydrogen-bond acceptors (Lipinski definition) is 2. The molecule has 0 atom stereocenters. The molecule has 0 unspecified atom stereocenters. The van der Waals surface area contributed by atoms with E-state index in [1.807, 2.05) is 11.3 Å². The summed E-state index contributed by atoms with van der Waals surface area (Å²) < 4.78 is 1.42. The van der Waals surface area contributed by atoms with Crippen molar-refractivity contribution in [3.8, 4) is 0 Å². The summed E-state index contributed by atoms with van der Waals surface area (Å²) in [7, 11) is 0. The summed E-state index contributed by atoms with van der Waals surface area (Å²) in [4.78, 5) is 0. The highest BCUT2D eigenvalue weighted by atomic mass is 32.1. The van der Waals surface area contributed by atoms with Crippen molar-refractivity contribution in [1.29, 1.82) is 0 Å². The average molecular weight is 289 g/mol. The van der Waals surface area contributed by atoms with E-state index in [4.69, 9.17) is 0 Å². The lowest BCUT2D eigenvalue weighted by atomic mass is 9.76. The van der Waals surface area contributed by atoms with Crippen molar-refractivity contribution in [3.63, 3.8) is 0 Å². The third-order valence-electron chi connectivity index (χ3n) is 4.51. The van der Waals surface area contributed by atoms with Gasteiger partial charge in [-0.15, -0.1) is 11.3 Å². The van der Waals surface area contributed by atoms with E-state index >= 15 is 0 Å². The second kappa shape index (κ2) is 6.73. The Labute approximate surface area is 127 Å². The summed E-state index contributed by atoms with van der Waals surface area (Å²) in [6.07, 6.45) is 3.64. The quantitative estimate of drug-likeness (QED) is 0.734. The Balaban J connectivity index is 2.23. The molecule has 1 aromatic heterocycles. The van der Waals surface area contributed by atoms with Gasteiger partial charge >= 0.3 is 0 Å². The Morgan fingerprint density at radius 2 is 1.85 bits per heavy atom. The van der Waals surface area contributed by atoms with Crippen molar-refractivity contribution in [2.45, 2.75) is 53.0 Å². The van der Waals surface area contributed by atoms with E-state index < -0.39 is 0 Å². The van der Waals surface area contributed by atoms with Gasteiger partial charge in [-0.05, 0) is 47.1 Å². The van der Waals surface area contributed by atoms with Gasteiger partial charge in [0.15, 0.2) is 0 Å². The number of rotatable bonds is 7. The second-order valence-corrected chi connectivity index (χ2v) is 7.09. The zero-order valence-corrected chi connectivity index (χ0v) is 14.0. The van der Waals surface area contributed by atoms with Crippen molar-refractivity contribution in [1.82, 2.24) is 5.32 Å². The van der Waals surface area contributed by atoms with Gasteiger partial charge in [-0.1, -0.05) is 45.9 Å². The molecule has 2 rings (SSSR count). The van der Waals surface area contributed by atoms with Gasteiger partial charge in [-0.2, -0.15) is 0 Å². The molecule has 1 aromatic carbocycles. The standard InChI is InChI=1S/C18H27NS/c1-5-18(6-2,13-19-14(3)4)11-15-12-20-17-10-8-7-9-16(15)17/h7-10,12,14,19H,5-6,11,13H2,1-4H3. The lowest BCUT2D eigenvalue weighted by Gasteiger charge is -2.33. The molecule has 0 amide bonds. The summed E-state index contributed by atoms with van der Waals surface area (Å²) >= 11 is 1.88. The van der Waals surface area contributed by atoms with Crippen molar-refractivity contribution in [2.24, 2.45) is 5.41 Å². The third kappa shape index (κ3) is 3.42. The smallest absolute Gasteiger partial charge is 0.0345 e. The minimum atomic E-state index is 0.383. The van der Waals surface area contributed by atoms with Crippen LogP contribution in [0.1, 0.15) is 46.1 Å². The molecular weight excluding hydrogens is 262 g/mol. The summed E-state index contributed by atoms with van der Waals surface area (Å²) in [5, 5.41) is 7.47. The molecule has 2 heteroatoms. The van der Waals surface area contributed by atoms with E-state index in [9.17, 15) is 0 Å². The van der Waals surface area contributed by atoms with Crippen molar-refractivity contribution < 1.29 is 0 Å². The molecule has 1 heterocycles. The zero-order chi connectivity index (χ0) is 14.6. The topological polar surface area (TPSA) is 12.0 Å². The third-order valence-corrected chi connectivity index (χ3v) is 5.52. The molecule has 0 aliphatic rings. The lowest BCUT2D eigenvalue weighted by molar-refractivity contribution is 0.240. The van der Waals surface area contributed by atoms with Gasteiger partial charge in [0.2, 0.25) is 0 Å². The Morgan fingerprint density at radius 1 is 1.15 bits per heavy atom. The largest absolute Gasteiger partial charge is 0.314 e. The average Bonchev–Trinajstić information content (AvgIpc) is 2.86. The van der Waals surface area contributed by atoms with Gasteiger partial charge in [-0.3, -0.25) is 0 Å². The first-order chi connectivity index (χ1) is 9.60. The van der Waals surface area contributed by atoms with Crippen LogP contribution in [0.2, 0.25) is 0 Å². The van der Waals surface area contributed by atoms with Gasteiger partial charge in [-0.25, -0.2) is 0 Å². The van der Waals surface area contributed by atoms with Crippen LogP contribution in [0.15, 0.2) is 29.6 Å². The molecule has 0 spiro atoms. The Bertz CT molecular complexity index is 537. The first-order valence-corrected chi connectivity index (χ1v) is 8.66. The van der Waals surface area contributed by atoms with E-state index in [0.717, 1.165) is 6.54 Å². The van der Waals surface area contributed by atoms with Crippen molar-refractivity contribution in [2.75, 3.05) is 6.54 Å². The van der Waals surface area contributed by atoms with Crippen LogP contribution in [0, 0.1) is 5.41 Å². The van der Waals surface area contributed by atoms with E-state index in [-0.39, 0.29) is 0 Å². The van der Waals surface area contributed by atoms with Crippen LogP contribution >= 0.6 is 11.3 Å². The summed E-state index contributed by atoms with van der Waals surface area (Å²) in [6.45, 7) is 10.2. The maximum absolute atomic E-state index is 3.65. The van der Waals surface area contributed by atoms with Crippen LogP contribution in [0.4, 0.5) is 0 Å². The highest BCUT2D eigenvalue weighted by Crippen LogP contribution is 2.35. The van der Waals surface area contributed by atoms with E-state index in [1.165, 1.54) is 34.9 Å². The van der Waals surface area contributed by atoms with Crippen molar-refractivity contribution >= 4 is 21.4 Å². The second-order valence-electron chi connectivity index (χ2n) is 6.18. The molecule has 0 aliphatic heterocycles. The first kappa shape index (κ1) is 15.5. The normalized spacial score (nSPS) is 12.4. The minimum absolute atomic E-state index is 0.383. The van der Waals surface area contributed by atoms with Crippen LogP contribution in [-0.2, 0) is 6.42 Å². The molecule has 2 aromatic rings.